The van der Waals surface area contributed by atoms with E-state index in [0.29, 0.717) is 56.7 Å². The van der Waals surface area contributed by atoms with Crippen molar-refractivity contribution < 1.29 is 35.9 Å². The molecule has 53 heavy (non-hydrogen) atoms. The molecule has 11 nitrogen and oxygen atoms in total. The van der Waals surface area contributed by atoms with Gasteiger partial charge in [0.1, 0.15) is 11.4 Å². The van der Waals surface area contributed by atoms with Crippen LogP contribution in [-0.4, -0.2) is 65.4 Å². The summed E-state index contributed by atoms with van der Waals surface area (Å²) in [5.74, 6) is 0.868. The number of pyridine rings is 1. The van der Waals surface area contributed by atoms with Crippen LogP contribution in [0.15, 0.2) is 85.2 Å². The van der Waals surface area contributed by atoms with Crippen LogP contribution in [0, 0.1) is 6.92 Å². The molecule has 0 bridgehead atoms. The minimum absolute atomic E-state index is 0.0206. The molecule has 0 aliphatic carbocycles. The van der Waals surface area contributed by atoms with E-state index in [2.05, 4.69) is 15.3 Å². The Morgan fingerprint density at radius 1 is 0.925 bits per heavy atom. The monoisotopic (exact) mass is 748 g/mol. The third kappa shape index (κ3) is 8.46. The smallest absolute Gasteiger partial charge is 0.418 e. The number of piperidine rings is 1. The van der Waals surface area contributed by atoms with Gasteiger partial charge in [-0.2, -0.15) is 13.2 Å². The van der Waals surface area contributed by atoms with Crippen LogP contribution in [0.1, 0.15) is 44.7 Å². The first kappa shape index (κ1) is 37.3. The number of ether oxygens (including phenoxy) is 2. The number of alkyl halides is 3. The van der Waals surface area contributed by atoms with Gasteiger partial charge in [-0.1, -0.05) is 36.4 Å². The van der Waals surface area contributed by atoms with Gasteiger partial charge in [0.05, 0.1) is 34.5 Å². The fraction of sp³-hybridized carbons (Fsp3) is 0.316. The zero-order valence-corrected chi connectivity index (χ0v) is 30.6. The van der Waals surface area contributed by atoms with Crippen LogP contribution in [-0.2, 0) is 20.9 Å². The SMILES string of the molecule is Cc1ccc2c(N(c3ccccc3C(F)(F)F)S(C)(=O)=O)cccc2c1Oc1ncccc1-c1ccnc(NC2CCCN(C(=O)OC(C)(C)C)C2)n1. The van der Waals surface area contributed by atoms with Gasteiger partial charge in [-0.15, -0.1) is 0 Å². The van der Waals surface area contributed by atoms with E-state index in [-0.39, 0.29) is 23.7 Å². The average Bonchev–Trinajstić information content (AvgIpc) is 3.08. The number of aryl methyl sites for hydroxylation is 1. The van der Waals surface area contributed by atoms with Crippen molar-refractivity contribution in [3.63, 3.8) is 0 Å². The lowest BCUT2D eigenvalue weighted by molar-refractivity contribution is -0.137. The summed E-state index contributed by atoms with van der Waals surface area (Å²) >= 11 is 0. The molecule has 6 rings (SSSR count). The van der Waals surface area contributed by atoms with Gasteiger partial charge in [0, 0.05) is 42.3 Å². The lowest BCUT2D eigenvalue weighted by Crippen LogP contribution is -2.47. The third-order valence-corrected chi connectivity index (χ3v) is 9.53. The van der Waals surface area contributed by atoms with E-state index in [4.69, 9.17) is 14.5 Å². The molecule has 1 aliphatic heterocycles. The highest BCUT2D eigenvalue weighted by Gasteiger charge is 2.37. The molecule has 3 aromatic carbocycles. The Balaban J connectivity index is 1.33. The Bertz CT molecular complexity index is 2260. The van der Waals surface area contributed by atoms with E-state index in [1.54, 1.807) is 66.7 Å². The van der Waals surface area contributed by atoms with Gasteiger partial charge in [0.25, 0.3) is 0 Å². The minimum Gasteiger partial charge on any atom is -0.444 e. The summed E-state index contributed by atoms with van der Waals surface area (Å²) in [7, 11) is -4.27. The maximum absolute atomic E-state index is 14.1. The Labute approximate surface area is 305 Å². The van der Waals surface area contributed by atoms with Crippen LogP contribution in [0.5, 0.6) is 11.6 Å². The van der Waals surface area contributed by atoms with Crippen LogP contribution in [0.4, 0.5) is 35.3 Å². The Morgan fingerprint density at radius 2 is 1.68 bits per heavy atom. The van der Waals surface area contributed by atoms with Crippen molar-refractivity contribution in [3.8, 4) is 22.9 Å². The number of nitrogens with zero attached hydrogens (tertiary/aromatic N) is 5. The molecule has 5 aromatic rings. The first-order valence-electron chi connectivity index (χ1n) is 16.9. The molecule has 0 saturated carbocycles. The lowest BCUT2D eigenvalue weighted by atomic mass is 10.0. The molecule has 1 saturated heterocycles. The van der Waals surface area contributed by atoms with Crippen LogP contribution < -0.4 is 14.4 Å². The normalized spacial score (nSPS) is 15.2. The number of sulfonamides is 1. The maximum Gasteiger partial charge on any atom is 0.418 e. The molecule has 1 N–H and O–H groups in total. The fourth-order valence-corrected chi connectivity index (χ4v) is 7.26. The second-order valence-corrected chi connectivity index (χ2v) is 15.6. The highest BCUT2D eigenvalue weighted by Crippen LogP contribution is 2.45. The number of carbonyl (C=O) groups excluding carboxylic acids is 1. The summed E-state index contributed by atoms with van der Waals surface area (Å²) in [6.07, 6.45) is 0.414. The van der Waals surface area contributed by atoms with Crippen LogP contribution in [0.3, 0.4) is 0 Å². The summed E-state index contributed by atoms with van der Waals surface area (Å²) in [5, 5.41) is 4.13. The summed E-state index contributed by atoms with van der Waals surface area (Å²) < 4.78 is 81.6. The highest BCUT2D eigenvalue weighted by atomic mass is 32.2. The molecule has 1 amide bonds. The van der Waals surface area contributed by atoms with Crippen LogP contribution in [0.25, 0.3) is 22.0 Å². The van der Waals surface area contributed by atoms with E-state index >= 15 is 0 Å². The Morgan fingerprint density at radius 3 is 2.42 bits per heavy atom. The van der Waals surface area contributed by atoms with Crippen molar-refractivity contribution in [2.45, 2.75) is 58.4 Å². The van der Waals surface area contributed by atoms with E-state index in [9.17, 15) is 26.4 Å². The Hall–Kier alpha value is -5.44. The number of aromatic nitrogens is 3. The van der Waals surface area contributed by atoms with Crippen molar-refractivity contribution in [2.24, 2.45) is 0 Å². The molecule has 1 atom stereocenters. The molecule has 2 aromatic heterocycles. The Kier molecular flexibility index (Phi) is 10.2. The van der Waals surface area contributed by atoms with E-state index in [1.165, 1.54) is 18.2 Å². The number of hydrogen-bond donors (Lipinski definition) is 1. The predicted molar refractivity (Wildman–Crippen MR) is 197 cm³/mol. The van der Waals surface area contributed by atoms with Crippen LogP contribution >= 0.6 is 0 Å². The minimum atomic E-state index is -4.81. The van der Waals surface area contributed by atoms with Gasteiger partial charge in [0.15, 0.2) is 0 Å². The van der Waals surface area contributed by atoms with Crippen LogP contribution in [0.2, 0.25) is 0 Å². The number of likely N-dealkylation sites (tertiary alicyclic amines) is 1. The zero-order chi connectivity index (χ0) is 38.1. The molecule has 1 aliphatic rings. The molecule has 278 valence electrons. The van der Waals surface area contributed by atoms with Crippen molar-refractivity contribution in [1.29, 1.82) is 0 Å². The number of halogens is 3. The number of carbonyl (C=O) groups is 1. The van der Waals surface area contributed by atoms with Gasteiger partial charge in [-0.25, -0.2) is 32.5 Å². The van der Waals surface area contributed by atoms with E-state index in [0.717, 1.165) is 31.2 Å². The van der Waals surface area contributed by atoms with E-state index in [1.807, 2.05) is 20.8 Å². The molecule has 0 spiro atoms. The number of rotatable bonds is 8. The number of para-hydroxylation sites is 1. The number of nitrogens with one attached hydrogen (secondary N) is 1. The first-order chi connectivity index (χ1) is 25.0. The van der Waals surface area contributed by atoms with Crippen molar-refractivity contribution in [2.75, 3.05) is 29.0 Å². The number of anilines is 3. The number of benzene rings is 3. The van der Waals surface area contributed by atoms with Gasteiger partial charge < -0.3 is 19.7 Å². The standard InChI is InChI=1S/C38H39F3N6O5S/c1-24-17-18-26-27(12-8-16-31(26)47(53(5,49)50)32-15-7-6-14-29(32)38(39,40)41)33(24)51-34-28(13-9-20-42-34)30-19-21-43-35(45-30)44-25-11-10-22-46(23-25)36(48)52-37(2,3)4/h6-9,12-21,25H,10-11,22-23H2,1-5H3,(H,43,44,45). The summed E-state index contributed by atoms with van der Waals surface area (Å²) in [6, 6.07) is 17.7. The van der Waals surface area contributed by atoms with Gasteiger partial charge in [0.2, 0.25) is 21.9 Å². The van der Waals surface area contributed by atoms with E-state index < -0.39 is 33.1 Å². The predicted octanol–water partition coefficient (Wildman–Crippen LogP) is 8.72. The molecule has 0 radical (unpaired) electrons. The lowest BCUT2D eigenvalue weighted by Gasteiger charge is -2.34. The molecule has 15 heteroatoms. The first-order valence-corrected chi connectivity index (χ1v) is 18.7. The second-order valence-electron chi connectivity index (χ2n) is 13.8. The van der Waals surface area contributed by atoms with Crippen molar-refractivity contribution in [3.05, 3.63) is 96.3 Å². The second kappa shape index (κ2) is 14.5. The van der Waals surface area contributed by atoms with Gasteiger partial charge in [-0.05, 0) is 82.5 Å². The largest absolute Gasteiger partial charge is 0.444 e. The molecule has 1 unspecified atom stereocenters. The summed E-state index contributed by atoms with van der Waals surface area (Å²) in [4.78, 5) is 28.0. The summed E-state index contributed by atoms with van der Waals surface area (Å²) in [6.45, 7) is 8.29. The van der Waals surface area contributed by atoms with Crippen molar-refractivity contribution >= 4 is 44.2 Å². The fourth-order valence-electron chi connectivity index (χ4n) is 6.22. The molecular weight excluding hydrogens is 710 g/mol. The zero-order valence-electron chi connectivity index (χ0n) is 29.8. The van der Waals surface area contributed by atoms with Crippen molar-refractivity contribution in [1.82, 2.24) is 19.9 Å². The quantitative estimate of drug-likeness (QED) is 0.166. The molecule has 1 fully saturated rings. The van der Waals surface area contributed by atoms with Gasteiger partial charge in [-0.3, -0.25) is 0 Å². The molecular formula is C38H39F3N6O5S. The topological polar surface area (TPSA) is 127 Å². The maximum atomic E-state index is 14.1. The molecule has 3 heterocycles. The summed E-state index contributed by atoms with van der Waals surface area (Å²) in [5.41, 5.74) is -0.505. The third-order valence-electron chi connectivity index (χ3n) is 8.47. The highest BCUT2D eigenvalue weighted by molar-refractivity contribution is 7.92. The average molecular weight is 749 g/mol. The number of hydrogen-bond acceptors (Lipinski definition) is 9. The number of fused-ring (bicyclic) bond motifs is 1. The number of amides is 1. The van der Waals surface area contributed by atoms with Gasteiger partial charge >= 0.3 is 12.3 Å².